The van der Waals surface area contributed by atoms with E-state index in [0.29, 0.717) is 6.42 Å². The minimum absolute atomic E-state index is 0.0734. The van der Waals surface area contributed by atoms with E-state index < -0.39 is 28.5 Å². The fourth-order valence-corrected chi connectivity index (χ4v) is 5.34. The zero-order valence-electron chi connectivity index (χ0n) is 23.4. The van der Waals surface area contributed by atoms with Crippen molar-refractivity contribution < 1.29 is 18.0 Å². The summed E-state index contributed by atoms with van der Waals surface area (Å²) in [6.07, 6.45) is 1.04. The Balaban J connectivity index is 1.99. The van der Waals surface area contributed by atoms with Crippen LogP contribution in [-0.2, 0) is 32.6 Å². The Bertz CT molecular complexity index is 1360. The second kappa shape index (κ2) is 13.5. The molecule has 0 heterocycles. The van der Waals surface area contributed by atoms with E-state index in [1.54, 1.807) is 12.1 Å². The number of likely N-dealkylation sites (N-methyl/N-ethyl adjacent to an activating group) is 1. The van der Waals surface area contributed by atoms with Crippen LogP contribution in [0, 0.1) is 13.8 Å². The van der Waals surface area contributed by atoms with Crippen LogP contribution in [-0.4, -0.2) is 55.1 Å². The molecule has 0 aromatic heterocycles. The van der Waals surface area contributed by atoms with E-state index in [0.717, 1.165) is 33.0 Å². The molecular weight excluding hydrogens is 510 g/mol. The van der Waals surface area contributed by atoms with Crippen molar-refractivity contribution in [2.45, 2.75) is 64.1 Å². The number of nitrogens with one attached hydrogen (secondary N) is 1. The number of hydrogen-bond acceptors (Lipinski definition) is 4. The van der Waals surface area contributed by atoms with Crippen LogP contribution in [0.2, 0.25) is 0 Å². The lowest BCUT2D eigenvalue weighted by Crippen LogP contribution is -2.54. The van der Waals surface area contributed by atoms with E-state index in [1.165, 1.54) is 24.1 Å². The molecule has 0 saturated carbocycles. The molecule has 208 valence electrons. The molecule has 39 heavy (non-hydrogen) atoms. The topological polar surface area (TPSA) is 86.8 Å². The van der Waals surface area contributed by atoms with E-state index in [9.17, 15) is 18.0 Å². The zero-order valence-corrected chi connectivity index (χ0v) is 24.2. The second-order valence-corrected chi connectivity index (χ2v) is 12.1. The van der Waals surface area contributed by atoms with Gasteiger partial charge in [-0.15, -0.1) is 0 Å². The van der Waals surface area contributed by atoms with Crippen LogP contribution in [0.4, 0.5) is 0 Å². The molecule has 0 radical (unpaired) electrons. The Morgan fingerprint density at radius 2 is 1.51 bits per heavy atom. The van der Waals surface area contributed by atoms with E-state index >= 15 is 0 Å². The minimum Gasteiger partial charge on any atom is -0.352 e. The van der Waals surface area contributed by atoms with Gasteiger partial charge in [0.25, 0.3) is 0 Å². The number of carbonyl (C=O) groups is 2. The Morgan fingerprint density at radius 3 is 2.13 bits per heavy atom. The molecule has 0 aliphatic heterocycles. The van der Waals surface area contributed by atoms with E-state index in [2.05, 4.69) is 5.32 Å². The fraction of sp³-hybridized carbons (Fsp3) is 0.355. The lowest BCUT2D eigenvalue weighted by atomic mass is 10.0. The van der Waals surface area contributed by atoms with Crippen LogP contribution in [0.5, 0.6) is 0 Å². The monoisotopic (exact) mass is 549 g/mol. The van der Waals surface area contributed by atoms with Gasteiger partial charge in [0, 0.05) is 26.1 Å². The van der Waals surface area contributed by atoms with Crippen molar-refractivity contribution in [3.63, 3.8) is 0 Å². The van der Waals surface area contributed by atoms with E-state index in [4.69, 9.17) is 0 Å². The number of carbonyl (C=O) groups excluding carboxylic acids is 2. The summed E-state index contributed by atoms with van der Waals surface area (Å²) in [6, 6.07) is 22.9. The van der Waals surface area contributed by atoms with Crippen molar-refractivity contribution in [2.24, 2.45) is 0 Å². The summed E-state index contributed by atoms with van der Waals surface area (Å²) in [7, 11) is -2.51. The van der Waals surface area contributed by atoms with Gasteiger partial charge in [-0.25, -0.2) is 8.42 Å². The number of nitrogens with zero attached hydrogens (tertiary/aromatic N) is 2. The number of rotatable bonds is 12. The quantitative estimate of drug-likeness (QED) is 0.361. The molecule has 8 heteroatoms. The van der Waals surface area contributed by atoms with Crippen molar-refractivity contribution in [1.29, 1.82) is 0 Å². The molecule has 0 unspecified atom stereocenters. The Kier molecular flexibility index (Phi) is 10.4. The van der Waals surface area contributed by atoms with Gasteiger partial charge in [-0.2, -0.15) is 4.31 Å². The van der Waals surface area contributed by atoms with Gasteiger partial charge in [-0.3, -0.25) is 9.59 Å². The molecule has 0 bridgehead atoms. The van der Waals surface area contributed by atoms with E-state index in [-0.39, 0.29) is 23.4 Å². The molecule has 0 spiro atoms. The summed E-state index contributed by atoms with van der Waals surface area (Å²) in [5.41, 5.74) is 3.72. The molecule has 7 nitrogen and oxygen atoms in total. The number of aryl methyl sites for hydroxylation is 2. The third-order valence-electron chi connectivity index (χ3n) is 6.96. The normalized spacial score (nSPS) is 13.1. The Morgan fingerprint density at radius 1 is 0.897 bits per heavy atom. The number of hydrogen-bond donors (Lipinski definition) is 1. The van der Waals surface area contributed by atoms with Gasteiger partial charge in [0.15, 0.2) is 0 Å². The maximum atomic E-state index is 13.9. The molecule has 1 N–H and O–H groups in total. The van der Waals surface area contributed by atoms with Crippen LogP contribution >= 0.6 is 0 Å². The lowest BCUT2D eigenvalue weighted by molar-refractivity contribution is -0.141. The summed E-state index contributed by atoms with van der Waals surface area (Å²) in [6.45, 7) is 7.52. The minimum atomic E-state index is -3.91. The van der Waals surface area contributed by atoms with Gasteiger partial charge in [0.1, 0.15) is 6.04 Å². The van der Waals surface area contributed by atoms with Crippen molar-refractivity contribution in [3.05, 3.63) is 101 Å². The Labute approximate surface area is 232 Å². The van der Waals surface area contributed by atoms with Crippen LogP contribution in [0.1, 0.15) is 42.5 Å². The largest absolute Gasteiger partial charge is 0.352 e. The average molecular weight is 550 g/mol. The summed E-state index contributed by atoms with van der Waals surface area (Å²) in [5.74, 6) is -0.712. The van der Waals surface area contributed by atoms with Crippen LogP contribution in [0.15, 0.2) is 83.8 Å². The van der Waals surface area contributed by atoms with Gasteiger partial charge in [-0.05, 0) is 56.0 Å². The average Bonchev–Trinajstić information content (AvgIpc) is 2.92. The smallest absolute Gasteiger partial charge is 0.243 e. The van der Waals surface area contributed by atoms with Gasteiger partial charge < -0.3 is 10.2 Å². The molecule has 3 aromatic carbocycles. The number of benzene rings is 3. The van der Waals surface area contributed by atoms with Crippen molar-refractivity contribution in [1.82, 2.24) is 14.5 Å². The molecule has 0 aliphatic rings. The molecule has 0 saturated heterocycles. The highest BCUT2D eigenvalue weighted by Crippen LogP contribution is 2.20. The predicted octanol–water partition coefficient (Wildman–Crippen LogP) is 4.48. The highest BCUT2D eigenvalue weighted by Gasteiger charge is 2.33. The molecule has 0 aliphatic carbocycles. The van der Waals surface area contributed by atoms with Crippen LogP contribution < -0.4 is 5.32 Å². The van der Waals surface area contributed by atoms with Gasteiger partial charge in [-0.1, -0.05) is 79.2 Å². The molecule has 2 atom stereocenters. The molecular formula is C31H39N3O4S. The second-order valence-electron chi connectivity index (χ2n) is 10.0. The van der Waals surface area contributed by atoms with E-state index in [1.807, 2.05) is 82.3 Å². The first kappa shape index (κ1) is 30.1. The summed E-state index contributed by atoms with van der Waals surface area (Å²) >= 11 is 0. The molecule has 2 amide bonds. The summed E-state index contributed by atoms with van der Waals surface area (Å²) in [5, 5.41) is 3.04. The third kappa shape index (κ3) is 8.00. The first-order valence-corrected chi connectivity index (χ1v) is 14.7. The SMILES string of the molecule is CC[C@H](C)NC(=O)[C@@H](Cc1ccccc1)N(Cc1ccccc1C)C(=O)CN(C)S(=O)(=O)c1ccc(C)cc1. The zero-order chi connectivity index (χ0) is 28.6. The van der Waals surface area contributed by atoms with Gasteiger partial charge >= 0.3 is 0 Å². The van der Waals surface area contributed by atoms with Gasteiger partial charge in [0.2, 0.25) is 21.8 Å². The standard InChI is InChI=1S/C31H39N3O4S/c1-6-25(4)32-31(36)29(20-26-13-8-7-9-14-26)34(21-27-15-11-10-12-24(27)3)30(35)22-33(5)39(37,38)28-18-16-23(2)17-19-28/h7-19,25,29H,6,20-22H2,1-5H3,(H,32,36)/t25-,29+/m0/s1. The Hall–Kier alpha value is -3.49. The van der Waals surface area contributed by atoms with Gasteiger partial charge in [0.05, 0.1) is 11.4 Å². The van der Waals surface area contributed by atoms with Crippen molar-refractivity contribution >= 4 is 21.8 Å². The van der Waals surface area contributed by atoms with Crippen LogP contribution in [0.3, 0.4) is 0 Å². The number of sulfonamides is 1. The highest BCUT2D eigenvalue weighted by atomic mass is 32.2. The van der Waals surface area contributed by atoms with Crippen molar-refractivity contribution in [3.8, 4) is 0 Å². The highest BCUT2D eigenvalue weighted by molar-refractivity contribution is 7.89. The molecule has 3 aromatic rings. The maximum Gasteiger partial charge on any atom is 0.243 e. The first-order valence-electron chi connectivity index (χ1n) is 13.2. The summed E-state index contributed by atoms with van der Waals surface area (Å²) in [4.78, 5) is 29.2. The van der Waals surface area contributed by atoms with Crippen LogP contribution in [0.25, 0.3) is 0 Å². The summed E-state index contributed by atoms with van der Waals surface area (Å²) < 4.78 is 27.6. The fourth-order valence-electron chi connectivity index (χ4n) is 4.22. The molecule has 0 fully saturated rings. The maximum absolute atomic E-state index is 13.9. The number of amides is 2. The molecule has 3 rings (SSSR count). The third-order valence-corrected chi connectivity index (χ3v) is 8.78. The lowest BCUT2D eigenvalue weighted by Gasteiger charge is -2.33. The van der Waals surface area contributed by atoms with Crippen molar-refractivity contribution in [2.75, 3.05) is 13.6 Å². The first-order chi connectivity index (χ1) is 18.5. The predicted molar refractivity (Wildman–Crippen MR) is 155 cm³/mol.